The molecule has 1 saturated heterocycles. The molecule has 0 spiro atoms. The fraction of sp³-hybridized carbons (Fsp3) is 0.524. The predicted molar refractivity (Wildman–Crippen MR) is 124 cm³/mol. The van der Waals surface area contributed by atoms with Crippen molar-refractivity contribution in [2.24, 2.45) is 0 Å². The van der Waals surface area contributed by atoms with E-state index in [1.54, 1.807) is 0 Å². The van der Waals surface area contributed by atoms with Gasteiger partial charge in [0.25, 0.3) is 0 Å². The molecular weight excluding hydrogens is 516 g/mol. The number of anilines is 1. The number of nitrogens with zero attached hydrogens (tertiary/aromatic N) is 4. The second-order valence-electron chi connectivity index (χ2n) is 8.07. The number of carbonyl (C=O) groups is 5. The van der Waals surface area contributed by atoms with Crippen LogP contribution >= 0.6 is 11.6 Å². The molecule has 0 aromatic carbocycles. The lowest BCUT2D eigenvalue weighted by atomic mass is 9.96. The molecular formula is C21H25ClN6O9. The first-order chi connectivity index (χ1) is 17.4. The second kappa shape index (κ2) is 11.5. The quantitative estimate of drug-likeness (QED) is 0.277. The fourth-order valence-electron chi connectivity index (χ4n) is 3.79. The largest absolute Gasteiger partial charge is 0.456 e. The van der Waals surface area contributed by atoms with Gasteiger partial charge in [0.1, 0.15) is 11.6 Å². The zero-order chi connectivity index (χ0) is 27.4. The second-order valence-corrected chi connectivity index (χ2v) is 8.43. The molecule has 2 amide bonds. The summed E-state index contributed by atoms with van der Waals surface area (Å²) in [5, 5.41) is 4.90. The summed E-state index contributed by atoms with van der Waals surface area (Å²) in [6.07, 6.45) is -5.05. The number of ether oxygens (including phenoxy) is 4. The summed E-state index contributed by atoms with van der Waals surface area (Å²) in [4.78, 5) is 71.6. The summed E-state index contributed by atoms with van der Waals surface area (Å²) in [7, 11) is 0. The highest BCUT2D eigenvalue weighted by Gasteiger charge is 2.52. The molecule has 0 unspecified atom stereocenters. The van der Waals surface area contributed by atoms with Crippen molar-refractivity contribution in [1.29, 1.82) is 0 Å². The lowest BCUT2D eigenvalue weighted by molar-refractivity contribution is -0.261. The van der Waals surface area contributed by atoms with Crippen LogP contribution in [0, 0.1) is 0 Å². The molecule has 1 fully saturated rings. The van der Waals surface area contributed by atoms with Crippen LogP contribution < -0.4 is 10.6 Å². The van der Waals surface area contributed by atoms with Crippen molar-refractivity contribution in [2.45, 2.75) is 65.3 Å². The van der Waals surface area contributed by atoms with Crippen molar-refractivity contribution in [2.75, 3.05) is 11.9 Å². The molecule has 1 aliphatic rings. The van der Waals surface area contributed by atoms with Gasteiger partial charge in [0.15, 0.2) is 35.3 Å². The Bertz CT molecular complexity index is 1230. The summed E-state index contributed by atoms with van der Waals surface area (Å²) < 4.78 is 23.8. The monoisotopic (exact) mass is 540 g/mol. The molecule has 15 nitrogen and oxygen atoms in total. The number of rotatable bonds is 7. The van der Waals surface area contributed by atoms with Gasteiger partial charge in [0.05, 0.1) is 6.33 Å². The third-order valence-electron chi connectivity index (χ3n) is 5.01. The standard InChI is InChI=1S/C21H25ClN6O9/c1-8(29)23-6-13-15(34-10(3)31)16(35-11(4)32)17(36-12(5)33)20(37-13)28-7-24-14-18(22)26-21(25-9(2)30)27-19(14)28/h7,13,15-17,20H,6H2,1-5H3,(H,23,29)(H,25,26,27,30)/t13-,15-,16+,17-,20-/m1/s1. The molecule has 5 atom stereocenters. The van der Waals surface area contributed by atoms with E-state index in [0.717, 1.165) is 20.8 Å². The van der Waals surface area contributed by atoms with E-state index >= 15 is 0 Å². The van der Waals surface area contributed by atoms with E-state index in [0.29, 0.717) is 0 Å². The third-order valence-corrected chi connectivity index (χ3v) is 5.27. The van der Waals surface area contributed by atoms with Crippen LogP contribution in [0.4, 0.5) is 5.95 Å². The van der Waals surface area contributed by atoms with Gasteiger partial charge in [-0.25, -0.2) is 4.98 Å². The van der Waals surface area contributed by atoms with Gasteiger partial charge in [-0.3, -0.25) is 33.9 Å². The Morgan fingerprint density at radius 3 is 2.08 bits per heavy atom. The van der Waals surface area contributed by atoms with Crippen molar-refractivity contribution in [1.82, 2.24) is 24.8 Å². The fourth-order valence-corrected chi connectivity index (χ4v) is 4.00. The summed E-state index contributed by atoms with van der Waals surface area (Å²) in [5.74, 6) is -3.23. The average Bonchev–Trinajstić information content (AvgIpc) is 3.18. The van der Waals surface area contributed by atoms with Crippen molar-refractivity contribution in [3.63, 3.8) is 0 Å². The first-order valence-corrected chi connectivity index (χ1v) is 11.3. The van der Waals surface area contributed by atoms with E-state index in [-0.39, 0.29) is 28.8 Å². The van der Waals surface area contributed by atoms with Crippen molar-refractivity contribution >= 4 is 58.4 Å². The van der Waals surface area contributed by atoms with Gasteiger partial charge < -0.3 is 24.3 Å². The number of fused-ring (bicyclic) bond motifs is 1. The Kier molecular flexibility index (Phi) is 8.60. The molecule has 0 aliphatic carbocycles. The SMILES string of the molecule is CC(=O)NC[C@H]1O[C@@H](n2cnc3c(Cl)nc(NC(C)=O)nc32)[C@H](OC(C)=O)[C@@H](OC(C)=O)[C@@H]1OC(C)=O. The van der Waals surface area contributed by atoms with E-state index in [2.05, 4.69) is 25.6 Å². The van der Waals surface area contributed by atoms with Gasteiger partial charge in [0, 0.05) is 41.2 Å². The van der Waals surface area contributed by atoms with Crippen molar-refractivity contribution < 1.29 is 42.9 Å². The van der Waals surface area contributed by atoms with Crippen LogP contribution in [-0.4, -0.2) is 80.2 Å². The van der Waals surface area contributed by atoms with E-state index in [4.69, 9.17) is 30.5 Å². The van der Waals surface area contributed by atoms with Crippen LogP contribution in [-0.2, 0) is 42.9 Å². The predicted octanol–water partition coefficient (Wildman–Crippen LogP) is 0.267. The van der Waals surface area contributed by atoms with Gasteiger partial charge in [-0.2, -0.15) is 9.97 Å². The van der Waals surface area contributed by atoms with Crippen LogP contribution in [0.5, 0.6) is 0 Å². The minimum atomic E-state index is -1.37. The topological polar surface area (TPSA) is 190 Å². The van der Waals surface area contributed by atoms with Crippen LogP contribution in [0.1, 0.15) is 40.8 Å². The Hall–Kier alpha value is -3.85. The maximum absolute atomic E-state index is 12.1. The summed E-state index contributed by atoms with van der Waals surface area (Å²) in [6.45, 7) is 5.77. The highest BCUT2D eigenvalue weighted by molar-refractivity contribution is 6.33. The third kappa shape index (κ3) is 6.68. The molecule has 2 aromatic heterocycles. The van der Waals surface area contributed by atoms with Crippen molar-refractivity contribution in [3.8, 4) is 0 Å². The summed E-state index contributed by atoms with van der Waals surface area (Å²) in [5.41, 5.74) is 0.210. The highest BCUT2D eigenvalue weighted by Crippen LogP contribution is 2.36. The average molecular weight is 541 g/mol. The normalized spacial score (nSPS) is 23.1. The van der Waals surface area contributed by atoms with Gasteiger partial charge in [-0.05, 0) is 0 Å². The zero-order valence-corrected chi connectivity index (χ0v) is 21.3. The lowest BCUT2D eigenvalue weighted by Crippen LogP contribution is -2.61. The molecule has 3 rings (SSSR count). The van der Waals surface area contributed by atoms with Crippen LogP contribution in [0.25, 0.3) is 11.2 Å². The maximum atomic E-state index is 12.1. The molecule has 0 radical (unpaired) electrons. The van der Waals surface area contributed by atoms with E-state index in [1.807, 2.05) is 0 Å². The molecule has 2 N–H and O–H groups in total. The van der Waals surface area contributed by atoms with Crippen LogP contribution in [0.2, 0.25) is 5.15 Å². The molecule has 3 heterocycles. The molecule has 0 saturated carbocycles. The molecule has 1 aliphatic heterocycles. The number of imidazole rings is 1. The smallest absolute Gasteiger partial charge is 0.303 e. The molecule has 37 heavy (non-hydrogen) atoms. The number of aromatic nitrogens is 4. The lowest BCUT2D eigenvalue weighted by Gasteiger charge is -2.44. The Morgan fingerprint density at radius 1 is 0.919 bits per heavy atom. The van der Waals surface area contributed by atoms with Crippen molar-refractivity contribution in [3.05, 3.63) is 11.5 Å². The number of carbonyl (C=O) groups excluding carboxylic acids is 5. The maximum Gasteiger partial charge on any atom is 0.303 e. The molecule has 0 bridgehead atoms. The number of halogens is 1. The van der Waals surface area contributed by atoms with E-state index in [9.17, 15) is 24.0 Å². The molecule has 16 heteroatoms. The van der Waals surface area contributed by atoms with Gasteiger partial charge >= 0.3 is 17.9 Å². The minimum absolute atomic E-state index is 0.0803. The molecule has 2 aromatic rings. The molecule has 200 valence electrons. The Morgan fingerprint density at radius 2 is 1.51 bits per heavy atom. The first-order valence-electron chi connectivity index (χ1n) is 11.0. The summed E-state index contributed by atoms with van der Waals surface area (Å²) in [6, 6.07) is 0. The number of amides is 2. The zero-order valence-electron chi connectivity index (χ0n) is 20.5. The minimum Gasteiger partial charge on any atom is -0.456 e. The number of nitrogens with one attached hydrogen (secondary N) is 2. The van der Waals surface area contributed by atoms with E-state index < -0.39 is 60.4 Å². The number of hydrogen-bond donors (Lipinski definition) is 2. The van der Waals surface area contributed by atoms with Gasteiger partial charge in [0.2, 0.25) is 17.8 Å². The highest BCUT2D eigenvalue weighted by atomic mass is 35.5. The number of hydrogen-bond acceptors (Lipinski definition) is 12. The van der Waals surface area contributed by atoms with Gasteiger partial charge in [-0.15, -0.1) is 0 Å². The van der Waals surface area contributed by atoms with E-state index in [1.165, 1.54) is 24.7 Å². The van der Waals surface area contributed by atoms with Gasteiger partial charge in [-0.1, -0.05) is 11.6 Å². The van der Waals surface area contributed by atoms with Crippen LogP contribution in [0.3, 0.4) is 0 Å². The van der Waals surface area contributed by atoms with Crippen LogP contribution in [0.15, 0.2) is 6.33 Å². The Balaban J connectivity index is 2.18. The first kappa shape index (κ1) is 27.7. The number of esters is 3. The summed E-state index contributed by atoms with van der Waals surface area (Å²) >= 11 is 6.23. The Labute approximate surface area is 215 Å².